The second kappa shape index (κ2) is 11.0. The maximum absolute atomic E-state index is 13.8. The summed E-state index contributed by atoms with van der Waals surface area (Å²) >= 11 is 0. The third-order valence-electron chi connectivity index (χ3n) is 7.21. The first-order chi connectivity index (χ1) is 16.8. The van der Waals surface area contributed by atoms with E-state index < -0.39 is 10.0 Å². The number of benzene rings is 1. The lowest BCUT2D eigenvalue weighted by atomic mass is 9.98. The summed E-state index contributed by atoms with van der Waals surface area (Å²) in [5.41, 5.74) is 1.33. The Morgan fingerprint density at radius 3 is 2.26 bits per heavy atom. The largest absolute Gasteiger partial charge is 0.371 e. The summed E-state index contributed by atoms with van der Waals surface area (Å²) in [5, 5.41) is 0. The Labute approximate surface area is 209 Å². The Kier molecular flexibility index (Phi) is 7.96. The average molecular weight is 500 g/mol. The van der Waals surface area contributed by atoms with E-state index in [9.17, 15) is 13.2 Å². The van der Waals surface area contributed by atoms with Gasteiger partial charge in [0, 0.05) is 64.2 Å². The molecular weight excluding hydrogens is 462 g/mol. The second-order valence-electron chi connectivity index (χ2n) is 9.41. The standard InChI is InChI=1S/C26H37N5O3S/c1-4-31(5-2)35(33,34)22-9-10-24(28-14-11-21(3)12-15-28)23(20-22)26(32)30-18-16-29(17-19-30)25-8-6-7-13-27-25/h6-10,13,20-21H,4-5,11-12,14-19H2,1-3H3. The van der Waals surface area contributed by atoms with Crippen molar-refractivity contribution in [1.29, 1.82) is 0 Å². The number of carbonyl (C=O) groups excluding carboxylic acids is 1. The van der Waals surface area contributed by atoms with Crippen LogP contribution in [0.1, 0.15) is 44.0 Å². The van der Waals surface area contributed by atoms with Gasteiger partial charge >= 0.3 is 0 Å². The fourth-order valence-electron chi connectivity index (χ4n) is 4.93. The van der Waals surface area contributed by atoms with Crippen molar-refractivity contribution < 1.29 is 13.2 Å². The van der Waals surface area contributed by atoms with Crippen molar-refractivity contribution in [3.8, 4) is 0 Å². The maximum atomic E-state index is 13.8. The van der Waals surface area contributed by atoms with Gasteiger partial charge < -0.3 is 14.7 Å². The molecule has 0 unspecified atom stereocenters. The number of rotatable bonds is 7. The normalized spacial score (nSPS) is 17.8. The molecule has 9 heteroatoms. The van der Waals surface area contributed by atoms with Gasteiger partial charge in [-0.15, -0.1) is 0 Å². The minimum Gasteiger partial charge on any atom is -0.371 e. The Morgan fingerprint density at radius 2 is 1.66 bits per heavy atom. The highest BCUT2D eigenvalue weighted by atomic mass is 32.2. The summed E-state index contributed by atoms with van der Waals surface area (Å²) in [7, 11) is -3.66. The molecule has 1 amide bonds. The summed E-state index contributed by atoms with van der Waals surface area (Å²) in [6.07, 6.45) is 3.91. The number of hydrogen-bond donors (Lipinski definition) is 0. The number of aromatic nitrogens is 1. The zero-order chi connectivity index (χ0) is 25.0. The van der Waals surface area contributed by atoms with Crippen molar-refractivity contribution in [2.75, 3.05) is 62.2 Å². The molecule has 3 heterocycles. The van der Waals surface area contributed by atoms with Crippen LogP contribution in [0.15, 0.2) is 47.5 Å². The monoisotopic (exact) mass is 499 g/mol. The van der Waals surface area contributed by atoms with Crippen LogP contribution in [0.2, 0.25) is 0 Å². The smallest absolute Gasteiger partial charge is 0.256 e. The fraction of sp³-hybridized carbons (Fsp3) is 0.538. The zero-order valence-corrected chi connectivity index (χ0v) is 21.9. The molecule has 0 atom stereocenters. The summed E-state index contributed by atoms with van der Waals surface area (Å²) in [6, 6.07) is 10.9. The highest BCUT2D eigenvalue weighted by Crippen LogP contribution is 2.31. The number of piperidine rings is 1. The van der Waals surface area contributed by atoms with Crippen LogP contribution in [-0.2, 0) is 10.0 Å². The molecule has 0 spiro atoms. The molecule has 1 aromatic carbocycles. The summed E-state index contributed by atoms with van der Waals surface area (Å²) in [5.74, 6) is 1.47. The highest BCUT2D eigenvalue weighted by Gasteiger charge is 2.30. The average Bonchev–Trinajstić information content (AvgIpc) is 2.89. The SMILES string of the molecule is CCN(CC)S(=O)(=O)c1ccc(N2CCC(C)CC2)c(C(=O)N2CCN(c3ccccn3)CC2)c1. The van der Waals surface area contributed by atoms with Gasteiger partial charge in [-0.3, -0.25) is 4.79 Å². The first-order valence-electron chi connectivity index (χ1n) is 12.7. The first-order valence-corrected chi connectivity index (χ1v) is 14.1. The maximum Gasteiger partial charge on any atom is 0.256 e. The van der Waals surface area contributed by atoms with Gasteiger partial charge in [-0.2, -0.15) is 4.31 Å². The fourth-order valence-corrected chi connectivity index (χ4v) is 6.42. The van der Waals surface area contributed by atoms with Gasteiger partial charge in [0.15, 0.2) is 0 Å². The van der Waals surface area contributed by atoms with Crippen molar-refractivity contribution in [3.63, 3.8) is 0 Å². The van der Waals surface area contributed by atoms with E-state index in [0.717, 1.165) is 37.4 Å². The first kappa shape index (κ1) is 25.4. The van der Waals surface area contributed by atoms with Gasteiger partial charge in [0.25, 0.3) is 5.91 Å². The lowest BCUT2D eigenvalue weighted by Crippen LogP contribution is -2.49. The summed E-state index contributed by atoms with van der Waals surface area (Å²) < 4.78 is 27.9. The number of carbonyl (C=O) groups is 1. The summed E-state index contributed by atoms with van der Waals surface area (Å²) in [6.45, 7) is 11.0. The summed E-state index contributed by atoms with van der Waals surface area (Å²) in [4.78, 5) is 24.7. The highest BCUT2D eigenvalue weighted by molar-refractivity contribution is 7.89. The zero-order valence-electron chi connectivity index (χ0n) is 21.1. The number of amides is 1. The van der Waals surface area contributed by atoms with Gasteiger partial charge in [-0.05, 0) is 49.1 Å². The van der Waals surface area contributed by atoms with Crippen molar-refractivity contribution >= 4 is 27.4 Å². The molecule has 190 valence electrons. The molecule has 2 aliphatic heterocycles. The Balaban J connectivity index is 1.62. The van der Waals surface area contributed by atoms with E-state index in [1.54, 1.807) is 18.3 Å². The molecule has 4 rings (SSSR count). The van der Waals surface area contributed by atoms with Gasteiger partial charge in [-0.1, -0.05) is 26.8 Å². The number of pyridine rings is 1. The van der Waals surface area contributed by atoms with E-state index in [1.165, 1.54) is 4.31 Å². The van der Waals surface area contributed by atoms with E-state index in [0.29, 0.717) is 50.7 Å². The van der Waals surface area contributed by atoms with Gasteiger partial charge in [0.05, 0.1) is 10.5 Å². The van der Waals surface area contributed by atoms with Crippen LogP contribution in [0, 0.1) is 5.92 Å². The van der Waals surface area contributed by atoms with Crippen molar-refractivity contribution in [1.82, 2.24) is 14.2 Å². The molecule has 1 aromatic heterocycles. The number of nitrogens with zero attached hydrogens (tertiary/aromatic N) is 5. The van der Waals surface area contributed by atoms with E-state index in [2.05, 4.69) is 21.7 Å². The Hall–Kier alpha value is -2.65. The predicted octanol–water partition coefficient (Wildman–Crippen LogP) is 3.31. The molecule has 2 aliphatic rings. The quantitative estimate of drug-likeness (QED) is 0.582. The van der Waals surface area contributed by atoms with Crippen LogP contribution in [-0.4, -0.2) is 80.9 Å². The van der Waals surface area contributed by atoms with E-state index in [-0.39, 0.29) is 10.8 Å². The van der Waals surface area contributed by atoms with Crippen LogP contribution in [0.25, 0.3) is 0 Å². The lowest BCUT2D eigenvalue weighted by molar-refractivity contribution is 0.0746. The molecule has 0 bridgehead atoms. The molecule has 2 saturated heterocycles. The molecule has 2 aromatic rings. The van der Waals surface area contributed by atoms with Gasteiger partial charge in [0.2, 0.25) is 10.0 Å². The van der Waals surface area contributed by atoms with Crippen LogP contribution in [0.3, 0.4) is 0 Å². The third kappa shape index (κ3) is 5.46. The lowest BCUT2D eigenvalue weighted by Gasteiger charge is -2.37. The van der Waals surface area contributed by atoms with Gasteiger partial charge in [-0.25, -0.2) is 13.4 Å². The number of sulfonamides is 1. The Bertz CT molecular complexity index is 1110. The third-order valence-corrected chi connectivity index (χ3v) is 9.25. The molecule has 0 saturated carbocycles. The molecule has 0 radical (unpaired) electrons. The van der Waals surface area contributed by atoms with E-state index in [1.807, 2.05) is 43.0 Å². The minimum absolute atomic E-state index is 0.101. The molecule has 0 N–H and O–H groups in total. The topological polar surface area (TPSA) is 77.1 Å². The molecule has 35 heavy (non-hydrogen) atoms. The van der Waals surface area contributed by atoms with Crippen LogP contribution in [0.4, 0.5) is 11.5 Å². The molecule has 8 nitrogen and oxygen atoms in total. The molecule has 0 aliphatic carbocycles. The Morgan fingerprint density at radius 1 is 0.971 bits per heavy atom. The number of piperazine rings is 1. The van der Waals surface area contributed by atoms with E-state index >= 15 is 0 Å². The minimum atomic E-state index is -3.66. The van der Waals surface area contributed by atoms with E-state index in [4.69, 9.17) is 0 Å². The van der Waals surface area contributed by atoms with Crippen LogP contribution in [0.5, 0.6) is 0 Å². The predicted molar refractivity (Wildman–Crippen MR) is 140 cm³/mol. The second-order valence-corrected chi connectivity index (χ2v) is 11.3. The molecular formula is C26H37N5O3S. The van der Waals surface area contributed by atoms with Crippen LogP contribution >= 0.6 is 0 Å². The van der Waals surface area contributed by atoms with Crippen molar-refractivity contribution in [2.24, 2.45) is 5.92 Å². The van der Waals surface area contributed by atoms with Crippen molar-refractivity contribution in [2.45, 2.75) is 38.5 Å². The number of hydrogen-bond acceptors (Lipinski definition) is 6. The van der Waals surface area contributed by atoms with Crippen molar-refractivity contribution in [3.05, 3.63) is 48.2 Å². The van der Waals surface area contributed by atoms with Gasteiger partial charge in [0.1, 0.15) is 5.82 Å². The van der Waals surface area contributed by atoms with Crippen LogP contribution < -0.4 is 9.80 Å². The number of anilines is 2. The molecule has 2 fully saturated rings.